The van der Waals surface area contributed by atoms with Gasteiger partial charge in [0.05, 0.1) is 17.0 Å². The van der Waals surface area contributed by atoms with Crippen LogP contribution in [0, 0.1) is 0 Å². The van der Waals surface area contributed by atoms with Gasteiger partial charge in [-0.1, -0.05) is 11.6 Å². The summed E-state index contributed by atoms with van der Waals surface area (Å²) in [6.45, 7) is 0.819. The zero-order valence-corrected chi connectivity index (χ0v) is 14.7. The fourth-order valence-electron chi connectivity index (χ4n) is 2.34. The molecule has 1 aliphatic rings. The van der Waals surface area contributed by atoms with E-state index in [9.17, 15) is 18.0 Å². The summed E-state index contributed by atoms with van der Waals surface area (Å²) in [7, 11) is -3.13. The molecule has 1 atom stereocenters. The summed E-state index contributed by atoms with van der Waals surface area (Å²) in [5, 5.41) is 3.14. The van der Waals surface area contributed by atoms with Gasteiger partial charge in [0, 0.05) is 5.02 Å². The highest BCUT2D eigenvalue weighted by molar-refractivity contribution is 7.91. The second-order valence-electron chi connectivity index (χ2n) is 5.85. The van der Waals surface area contributed by atoms with Crippen LogP contribution < -0.4 is 10.1 Å². The van der Waals surface area contributed by atoms with Gasteiger partial charge in [0.2, 0.25) is 0 Å². The van der Waals surface area contributed by atoms with Crippen molar-refractivity contribution in [1.29, 1.82) is 0 Å². The average molecular weight is 376 g/mol. The molecule has 1 heterocycles. The molecule has 7 nitrogen and oxygen atoms in total. The van der Waals surface area contributed by atoms with Crippen molar-refractivity contribution in [2.24, 2.45) is 0 Å². The largest absolute Gasteiger partial charge is 0.482 e. The van der Waals surface area contributed by atoms with Crippen LogP contribution in [-0.2, 0) is 24.2 Å². The molecule has 0 radical (unpaired) electrons. The van der Waals surface area contributed by atoms with Crippen LogP contribution in [0.1, 0.15) is 13.3 Å². The van der Waals surface area contributed by atoms with Crippen molar-refractivity contribution in [3.05, 3.63) is 29.3 Å². The summed E-state index contributed by atoms with van der Waals surface area (Å²) < 4.78 is 32.9. The van der Waals surface area contributed by atoms with Crippen molar-refractivity contribution < 1.29 is 27.5 Å². The minimum atomic E-state index is -3.13. The van der Waals surface area contributed by atoms with E-state index >= 15 is 0 Å². The molecule has 1 aromatic rings. The van der Waals surface area contributed by atoms with Gasteiger partial charge in [-0.05, 0) is 37.6 Å². The van der Waals surface area contributed by atoms with Gasteiger partial charge in [-0.15, -0.1) is 0 Å². The quantitative estimate of drug-likeness (QED) is 0.743. The minimum Gasteiger partial charge on any atom is -0.482 e. The van der Waals surface area contributed by atoms with Crippen molar-refractivity contribution in [1.82, 2.24) is 5.32 Å². The molecule has 1 saturated heterocycles. The fourth-order valence-corrected chi connectivity index (χ4v) is 4.56. The fraction of sp³-hybridized carbons (Fsp3) is 0.467. The molecule has 1 N–H and O–H groups in total. The predicted molar refractivity (Wildman–Crippen MR) is 87.7 cm³/mol. The van der Waals surface area contributed by atoms with E-state index in [2.05, 4.69) is 5.32 Å². The number of hydrogen-bond donors (Lipinski definition) is 1. The molecule has 0 aromatic heterocycles. The van der Waals surface area contributed by atoms with Gasteiger partial charge >= 0.3 is 5.97 Å². The lowest BCUT2D eigenvalue weighted by molar-refractivity contribution is -0.150. The van der Waals surface area contributed by atoms with Gasteiger partial charge in [0.15, 0.2) is 23.1 Å². The van der Waals surface area contributed by atoms with Crippen LogP contribution in [0.4, 0.5) is 0 Å². The van der Waals surface area contributed by atoms with E-state index in [1.54, 1.807) is 31.2 Å². The van der Waals surface area contributed by atoms with Gasteiger partial charge < -0.3 is 14.8 Å². The van der Waals surface area contributed by atoms with Crippen LogP contribution in [-0.4, -0.2) is 50.6 Å². The van der Waals surface area contributed by atoms with E-state index in [-0.39, 0.29) is 18.1 Å². The first kappa shape index (κ1) is 18.5. The number of sulfone groups is 1. The summed E-state index contributed by atoms with van der Waals surface area (Å²) in [4.78, 5) is 23.4. The van der Waals surface area contributed by atoms with Crippen LogP contribution in [0.15, 0.2) is 24.3 Å². The van der Waals surface area contributed by atoms with Crippen molar-refractivity contribution in [3.8, 4) is 5.75 Å². The Morgan fingerprint density at radius 2 is 1.92 bits per heavy atom. The molecule has 1 aromatic carbocycles. The third kappa shape index (κ3) is 5.68. The molecule has 0 saturated carbocycles. The molecular formula is C15H18ClNO6S. The second kappa shape index (κ2) is 7.40. The third-order valence-corrected chi connectivity index (χ3v) is 5.63. The number of nitrogens with one attached hydrogen (secondary N) is 1. The Morgan fingerprint density at radius 3 is 2.50 bits per heavy atom. The molecule has 1 fully saturated rings. The van der Waals surface area contributed by atoms with Gasteiger partial charge in [-0.25, -0.2) is 13.2 Å². The number of carbonyl (C=O) groups excluding carboxylic acids is 2. The van der Waals surface area contributed by atoms with Crippen LogP contribution >= 0.6 is 11.6 Å². The van der Waals surface area contributed by atoms with Crippen LogP contribution in [0.5, 0.6) is 5.75 Å². The normalized spacial score (nSPS) is 21.9. The van der Waals surface area contributed by atoms with Crippen molar-refractivity contribution >= 4 is 33.3 Å². The Balaban J connectivity index is 1.71. The zero-order chi connectivity index (χ0) is 17.8. The topological polar surface area (TPSA) is 98.8 Å². The van der Waals surface area contributed by atoms with Crippen molar-refractivity contribution in [2.45, 2.75) is 18.9 Å². The number of hydrogen-bond acceptors (Lipinski definition) is 6. The lowest BCUT2D eigenvalue weighted by Gasteiger charge is -2.23. The van der Waals surface area contributed by atoms with Gasteiger partial charge in [-0.3, -0.25) is 4.79 Å². The Bertz CT molecular complexity index is 718. The third-order valence-electron chi connectivity index (χ3n) is 3.48. The Kier molecular flexibility index (Phi) is 5.71. The molecule has 0 aliphatic carbocycles. The summed E-state index contributed by atoms with van der Waals surface area (Å²) in [5.74, 6) is -0.874. The number of carbonyl (C=O) groups is 2. The molecule has 0 bridgehead atoms. The first-order chi connectivity index (χ1) is 11.2. The predicted octanol–water partition coefficient (Wildman–Crippen LogP) is 0.955. The van der Waals surface area contributed by atoms with E-state index in [1.807, 2.05) is 0 Å². The first-order valence-electron chi connectivity index (χ1n) is 7.23. The maximum Gasteiger partial charge on any atom is 0.344 e. The van der Waals surface area contributed by atoms with E-state index in [0.29, 0.717) is 17.2 Å². The summed E-state index contributed by atoms with van der Waals surface area (Å²) in [5.41, 5.74) is -0.817. The van der Waals surface area contributed by atoms with Gasteiger partial charge in [0.1, 0.15) is 5.75 Å². The lowest BCUT2D eigenvalue weighted by Crippen LogP contribution is -2.48. The molecule has 1 aliphatic heterocycles. The lowest BCUT2D eigenvalue weighted by atomic mass is 10.0. The molecule has 1 amide bonds. The number of rotatable bonds is 6. The van der Waals surface area contributed by atoms with E-state index in [4.69, 9.17) is 21.1 Å². The van der Waals surface area contributed by atoms with E-state index in [1.165, 1.54) is 0 Å². The van der Waals surface area contributed by atoms with Crippen LogP contribution in [0.3, 0.4) is 0 Å². The zero-order valence-electron chi connectivity index (χ0n) is 13.1. The highest BCUT2D eigenvalue weighted by Crippen LogP contribution is 2.22. The monoisotopic (exact) mass is 375 g/mol. The summed E-state index contributed by atoms with van der Waals surface area (Å²) in [6, 6.07) is 6.44. The van der Waals surface area contributed by atoms with Gasteiger partial charge in [-0.2, -0.15) is 0 Å². The number of ether oxygens (including phenoxy) is 2. The molecule has 0 unspecified atom stereocenters. The molecule has 2 rings (SSSR count). The molecule has 0 spiro atoms. The molecule has 24 heavy (non-hydrogen) atoms. The van der Waals surface area contributed by atoms with Gasteiger partial charge in [0.25, 0.3) is 5.91 Å². The Labute approximate surface area is 145 Å². The molecule has 9 heteroatoms. The van der Waals surface area contributed by atoms with Crippen molar-refractivity contribution in [3.63, 3.8) is 0 Å². The second-order valence-corrected chi connectivity index (χ2v) is 8.47. The Morgan fingerprint density at radius 1 is 1.25 bits per heavy atom. The summed E-state index contributed by atoms with van der Waals surface area (Å²) in [6.07, 6.45) is 0.342. The smallest absolute Gasteiger partial charge is 0.344 e. The number of amides is 1. The molecular weight excluding hydrogens is 358 g/mol. The van der Waals surface area contributed by atoms with Crippen LogP contribution in [0.2, 0.25) is 5.02 Å². The minimum absolute atomic E-state index is 0.0402. The molecule has 132 valence electrons. The SMILES string of the molecule is C[C@]1(NC(=O)COC(=O)COc2ccc(Cl)cc2)CCS(=O)(=O)C1. The Hall–Kier alpha value is -1.80. The van der Waals surface area contributed by atoms with Crippen LogP contribution in [0.25, 0.3) is 0 Å². The highest BCUT2D eigenvalue weighted by atomic mass is 35.5. The average Bonchev–Trinajstić information content (AvgIpc) is 2.78. The van der Waals surface area contributed by atoms with Crippen molar-refractivity contribution in [2.75, 3.05) is 24.7 Å². The maximum absolute atomic E-state index is 11.8. The maximum atomic E-state index is 11.8. The standard InChI is InChI=1S/C15H18ClNO6S/c1-15(6-7-24(20,21)10-15)17-13(18)8-23-14(19)9-22-12-4-2-11(16)3-5-12/h2-5H,6-10H2,1H3,(H,17,18)/t15-/m0/s1. The number of esters is 1. The van der Waals surface area contributed by atoms with E-state index < -0.39 is 33.9 Å². The first-order valence-corrected chi connectivity index (χ1v) is 9.43. The number of benzene rings is 1. The highest BCUT2D eigenvalue weighted by Gasteiger charge is 2.39. The van der Waals surface area contributed by atoms with E-state index in [0.717, 1.165) is 0 Å². The number of halogens is 1. The summed E-state index contributed by atoms with van der Waals surface area (Å²) >= 11 is 5.73.